The minimum Gasteiger partial charge on any atom is -0.382 e. The lowest BCUT2D eigenvalue weighted by atomic mass is 10.1. The molecule has 0 unspecified atom stereocenters. The van der Waals surface area contributed by atoms with Crippen LogP contribution in [-0.4, -0.2) is 43.6 Å². The van der Waals surface area contributed by atoms with E-state index in [1.807, 2.05) is 13.8 Å². The molecule has 4 heterocycles. The van der Waals surface area contributed by atoms with Crippen LogP contribution in [0.3, 0.4) is 0 Å². The SMILES string of the molecule is CC[C@H]1O[C@@H](n2cnc3c(N)nc(Cl)nc32)[C@@H]2OC(C)(C)O[C@@H]21. The number of nitrogens with zero attached hydrogens (tertiary/aromatic N) is 4. The van der Waals surface area contributed by atoms with Gasteiger partial charge in [0.05, 0.1) is 12.4 Å². The van der Waals surface area contributed by atoms with Crippen LogP contribution in [0.2, 0.25) is 5.28 Å². The van der Waals surface area contributed by atoms with Crippen LogP contribution < -0.4 is 5.73 Å². The number of nitrogens with two attached hydrogens (primary N) is 1. The number of aromatic nitrogens is 4. The van der Waals surface area contributed by atoms with E-state index in [2.05, 4.69) is 21.9 Å². The minimum absolute atomic E-state index is 0.0566. The number of halogens is 1. The van der Waals surface area contributed by atoms with Crippen molar-refractivity contribution < 1.29 is 14.2 Å². The molecule has 8 nitrogen and oxygen atoms in total. The quantitative estimate of drug-likeness (QED) is 0.834. The first-order valence-corrected chi connectivity index (χ1v) is 7.94. The molecule has 9 heteroatoms. The van der Waals surface area contributed by atoms with E-state index in [9.17, 15) is 0 Å². The van der Waals surface area contributed by atoms with Gasteiger partial charge in [0.2, 0.25) is 5.28 Å². The molecular weight excluding hydrogens is 322 g/mol. The van der Waals surface area contributed by atoms with Crippen LogP contribution in [0.25, 0.3) is 11.2 Å². The van der Waals surface area contributed by atoms with Crippen molar-refractivity contribution >= 4 is 28.6 Å². The van der Waals surface area contributed by atoms with E-state index in [4.69, 9.17) is 31.5 Å². The Morgan fingerprint density at radius 2 is 2.04 bits per heavy atom. The van der Waals surface area contributed by atoms with Crippen molar-refractivity contribution in [3.63, 3.8) is 0 Å². The summed E-state index contributed by atoms with van der Waals surface area (Å²) in [7, 11) is 0. The number of ether oxygens (including phenoxy) is 3. The first kappa shape index (κ1) is 15.1. The normalized spacial score (nSPS) is 32.5. The summed E-state index contributed by atoms with van der Waals surface area (Å²) in [6.45, 7) is 5.86. The van der Waals surface area contributed by atoms with Crippen molar-refractivity contribution in [3.8, 4) is 0 Å². The second-order valence-electron chi connectivity index (χ2n) is 6.24. The van der Waals surface area contributed by atoms with Crippen LogP contribution in [0.5, 0.6) is 0 Å². The van der Waals surface area contributed by atoms with Crippen LogP contribution in [0.4, 0.5) is 5.82 Å². The topological polar surface area (TPSA) is 97.3 Å². The molecule has 4 rings (SSSR count). The van der Waals surface area contributed by atoms with Crippen molar-refractivity contribution in [2.24, 2.45) is 0 Å². The maximum absolute atomic E-state index is 6.13. The highest BCUT2D eigenvalue weighted by molar-refractivity contribution is 6.28. The predicted octanol–water partition coefficient (Wildman–Crippen LogP) is 1.89. The van der Waals surface area contributed by atoms with Gasteiger partial charge >= 0.3 is 0 Å². The van der Waals surface area contributed by atoms with Gasteiger partial charge < -0.3 is 19.9 Å². The second-order valence-corrected chi connectivity index (χ2v) is 6.58. The van der Waals surface area contributed by atoms with Gasteiger partial charge in [-0.3, -0.25) is 4.57 Å². The first-order valence-electron chi connectivity index (χ1n) is 7.56. The largest absolute Gasteiger partial charge is 0.382 e. The first-order chi connectivity index (χ1) is 10.9. The Morgan fingerprint density at radius 3 is 2.78 bits per heavy atom. The second kappa shape index (κ2) is 5.01. The third-order valence-corrected chi connectivity index (χ3v) is 4.39. The Kier molecular flexibility index (Phi) is 3.28. The predicted molar refractivity (Wildman–Crippen MR) is 82.8 cm³/mol. The average Bonchev–Trinajstić information content (AvgIpc) is 3.09. The summed E-state index contributed by atoms with van der Waals surface area (Å²) in [5.41, 5.74) is 6.88. The number of nitrogen functional groups attached to an aromatic ring is 1. The zero-order valence-electron chi connectivity index (χ0n) is 13.1. The van der Waals surface area contributed by atoms with Gasteiger partial charge in [0.15, 0.2) is 23.5 Å². The fourth-order valence-electron chi connectivity index (χ4n) is 3.31. The van der Waals surface area contributed by atoms with E-state index in [1.54, 1.807) is 10.9 Å². The molecule has 0 spiro atoms. The van der Waals surface area contributed by atoms with Gasteiger partial charge in [0.25, 0.3) is 0 Å². The molecular formula is C14H18ClN5O3. The summed E-state index contributed by atoms with van der Waals surface area (Å²) < 4.78 is 20.0. The molecule has 124 valence electrons. The molecule has 0 bridgehead atoms. The summed E-state index contributed by atoms with van der Waals surface area (Å²) in [6, 6.07) is 0. The van der Waals surface area contributed by atoms with Crippen molar-refractivity contribution in [1.29, 1.82) is 0 Å². The lowest BCUT2D eigenvalue weighted by Gasteiger charge is -2.24. The maximum atomic E-state index is 6.13. The van der Waals surface area contributed by atoms with E-state index in [0.717, 1.165) is 6.42 Å². The smallest absolute Gasteiger partial charge is 0.226 e. The molecule has 0 radical (unpaired) electrons. The minimum atomic E-state index is -0.646. The molecule has 2 aromatic heterocycles. The average molecular weight is 340 g/mol. The van der Waals surface area contributed by atoms with Gasteiger partial charge in [-0.05, 0) is 31.9 Å². The van der Waals surface area contributed by atoms with Crippen molar-refractivity contribution in [3.05, 3.63) is 11.6 Å². The van der Waals surface area contributed by atoms with Gasteiger partial charge in [-0.15, -0.1) is 0 Å². The third kappa shape index (κ3) is 2.28. The van der Waals surface area contributed by atoms with Crippen molar-refractivity contribution in [2.45, 2.75) is 57.5 Å². The molecule has 0 amide bonds. The highest BCUT2D eigenvalue weighted by atomic mass is 35.5. The highest BCUT2D eigenvalue weighted by Gasteiger charge is 2.55. The van der Waals surface area contributed by atoms with E-state index >= 15 is 0 Å². The molecule has 23 heavy (non-hydrogen) atoms. The molecule has 0 saturated carbocycles. The Bertz CT molecular complexity index is 764. The molecule has 2 N–H and O–H groups in total. The Hall–Kier alpha value is -1.48. The zero-order valence-corrected chi connectivity index (χ0v) is 13.8. The van der Waals surface area contributed by atoms with Gasteiger partial charge in [-0.1, -0.05) is 6.92 Å². The number of rotatable bonds is 2. The Labute approximate surface area is 137 Å². The lowest BCUT2D eigenvalue weighted by molar-refractivity contribution is -0.196. The fourth-order valence-corrected chi connectivity index (χ4v) is 3.48. The maximum Gasteiger partial charge on any atom is 0.226 e. The number of imidazole rings is 1. The Balaban J connectivity index is 1.79. The van der Waals surface area contributed by atoms with E-state index < -0.39 is 12.0 Å². The van der Waals surface area contributed by atoms with E-state index in [0.29, 0.717) is 11.2 Å². The van der Waals surface area contributed by atoms with Crippen LogP contribution in [0.15, 0.2) is 6.33 Å². The van der Waals surface area contributed by atoms with Gasteiger partial charge in [-0.25, -0.2) is 4.98 Å². The van der Waals surface area contributed by atoms with Crippen molar-refractivity contribution in [1.82, 2.24) is 19.5 Å². The summed E-state index contributed by atoms with van der Waals surface area (Å²) in [5, 5.41) is 0.0715. The summed E-state index contributed by atoms with van der Waals surface area (Å²) in [5.74, 6) is -0.406. The molecule has 2 aliphatic rings. The summed E-state index contributed by atoms with van der Waals surface area (Å²) in [4.78, 5) is 12.4. The van der Waals surface area contributed by atoms with E-state index in [1.165, 1.54) is 0 Å². The number of anilines is 1. The molecule has 2 aliphatic heterocycles. The monoisotopic (exact) mass is 339 g/mol. The molecule has 4 atom stereocenters. The van der Waals surface area contributed by atoms with E-state index in [-0.39, 0.29) is 29.4 Å². The zero-order chi connectivity index (χ0) is 16.4. The molecule has 0 aromatic carbocycles. The van der Waals surface area contributed by atoms with Gasteiger partial charge in [0, 0.05) is 0 Å². The van der Waals surface area contributed by atoms with Crippen LogP contribution in [0, 0.1) is 0 Å². The molecule has 2 aromatic rings. The highest BCUT2D eigenvalue weighted by Crippen LogP contribution is 2.44. The van der Waals surface area contributed by atoms with Gasteiger partial charge in [-0.2, -0.15) is 9.97 Å². The third-order valence-electron chi connectivity index (χ3n) is 4.22. The van der Waals surface area contributed by atoms with Crippen LogP contribution in [0.1, 0.15) is 33.4 Å². The van der Waals surface area contributed by atoms with Gasteiger partial charge in [0.1, 0.15) is 17.7 Å². The van der Waals surface area contributed by atoms with Crippen LogP contribution in [-0.2, 0) is 14.2 Å². The lowest BCUT2D eigenvalue weighted by Crippen LogP contribution is -2.28. The number of hydrogen-bond acceptors (Lipinski definition) is 7. The number of fused-ring (bicyclic) bond motifs is 2. The van der Waals surface area contributed by atoms with Crippen LogP contribution >= 0.6 is 11.6 Å². The Morgan fingerprint density at radius 1 is 1.30 bits per heavy atom. The van der Waals surface area contributed by atoms with Crippen molar-refractivity contribution in [2.75, 3.05) is 5.73 Å². The molecule has 2 fully saturated rings. The fraction of sp³-hybridized carbons (Fsp3) is 0.643. The molecule has 0 aliphatic carbocycles. The number of hydrogen-bond donors (Lipinski definition) is 1. The molecule has 2 saturated heterocycles. The summed E-state index contributed by atoms with van der Waals surface area (Å²) in [6.07, 6.45) is 1.61. The summed E-state index contributed by atoms with van der Waals surface area (Å²) >= 11 is 5.93. The standard InChI is InChI=1S/C14H18ClN5O3/c1-4-6-8-9(23-14(2,3)22-8)12(21-6)20-5-17-7-10(16)18-13(15)19-11(7)20/h5-6,8-9,12H,4H2,1-3H3,(H2,16,18,19)/t6-,8-,9-,12-/m1/s1.